The van der Waals surface area contributed by atoms with Crippen LogP contribution in [0.25, 0.3) is 0 Å². The first-order valence-corrected chi connectivity index (χ1v) is 6.64. The zero-order valence-corrected chi connectivity index (χ0v) is 12.2. The molecule has 1 aromatic rings. The van der Waals surface area contributed by atoms with E-state index in [2.05, 4.69) is 42.9 Å². The van der Waals surface area contributed by atoms with Gasteiger partial charge in [0.1, 0.15) is 5.82 Å². The Hall–Kier alpha value is -1.29. The first kappa shape index (κ1) is 14.8. The van der Waals surface area contributed by atoms with Crippen LogP contribution in [-0.4, -0.2) is 35.1 Å². The smallest absolute Gasteiger partial charge is 0.126 e. The number of aryl methyl sites for hydroxylation is 1. The van der Waals surface area contributed by atoms with Crippen molar-refractivity contribution >= 4 is 11.5 Å². The Morgan fingerprint density at radius 1 is 1.22 bits per heavy atom. The molecule has 0 aromatic carbocycles. The Labute approximate surface area is 111 Å². The maximum Gasteiger partial charge on any atom is 0.126 e. The highest BCUT2D eigenvalue weighted by Crippen LogP contribution is 2.11. The summed E-state index contributed by atoms with van der Waals surface area (Å²) in [5.74, 6) is 0.897. The molecule has 0 saturated heterocycles. The second-order valence-corrected chi connectivity index (χ2v) is 5.22. The molecule has 0 saturated carbocycles. The third kappa shape index (κ3) is 4.18. The topological polar surface area (TPSA) is 54.2 Å². The Balaban J connectivity index is 2.47. The number of hydrogen-bond acceptors (Lipinski definition) is 4. The van der Waals surface area contributed by atoms with E-state index in [1.165, 1.54) is 0 Å². The normalized spacial score (nSPS) is 11.6. The minimum absolute atomic E-state index is 0.563. The number of hydrogen-bond donors (Lipinski definition) is 2. The first-order valence-electron chi connectivity index (χ1n) is 6.64. The number of pyridine rings is 1. The van der Waals surface area contributed by atoms with E-state index in [4.69, 9.17) is 5.73 Å². The fraction of sp³-hybridized carbons (Fsp3) is 0.643. The summed E-state index contributed by atoms with van der Waals surface area (Å²) in [6, 6.07) is 4.95. The molecule has 0 fully saturated rings. The van der Waals surface area contributed by atoms with Gasteiger partial charge in [0.25, 0.3) is 0 Å². The van der Waals surface area contributed by atoms with E-state index in [0.29, 0.717) is 12.1 Å². The lowest BCUT2D eigenvalue weighted by Gasteiger charge is -2.30. The molecule has 4 nitrogen and oxygen atoms in total. The highest BCUT2D eigenvalue weighted by molar-refractivity contribution is 5.48. The summed E-state index contributed by atoms with van der Waals surface area (Å²) in [6.07, 6.45) is 0. The molecule has 0 aliphatic carbocycles. The van der Waals surface area contributed by atoms with Gasteiger partial charge in [-0.15, -0.1) is 0 Å². The Morgan fingerprint density at radius 2 is 1.83 bits per heavy atom. The summed E-state index contributed by atoms with van der Waals surface area (Å²) in [5.41, 5.74) is 7.37. The number of anilines is 2. The highest BCUT2D eigenvalue weighted by Gasteiger charge is 2.12. The molecular formula is C14H26N4. The lowest BCUT2D eigenvalue weighted by atomic mass is 10.2. The van der Waals surface area contributed by atoms with Crippen LogP contribution in [0.15, 0.2) is 12.1 Å². The van der Waals surface area contributed by atoms with Crippen molar-refractivity contribution in [1.29, 1.82) is 0 Å². The van der Waals surface area contributed by atoms with Gasteiger partial charge < -0.3 is 11.1 Å². The summed E-state index contributed by atoms with van der Waals surface area (Å²) >= 11 is 0. The minimum atomic E-state index is 0.563. The number of nitrogens with one attached hydrogen (secondary N) is 1. The number of nitrogens with zero attached hydrogens (tertiary/aromatic N) is 2. The number of rotatable bonds is 6. The third-order valence-electron chi connectivity index (χ3n) is 3.13. The molecule has 1 rings (SSSR count). The molecule has 0 aliphatic heterocycles. The molecule has 0 amide bonds. The van der Waals surface area contributed by atoms with Crippen molar-refractivity contribution in [2.75, 3.05) is 24.1 Å². The van der Waals surface area contributed by atoms with Gasteiger partial charge in [-0.3, -0.25) is 4.90 Å². The maximum atomic E-state index is 5.75. The van der Waals surface area contributed by atoms with E-state index >= 15 is 0 Å². The van der Waals surface area contributed by atoms with Crippen molar-refractivity contribution in [3.05, 3.63) is 17.8 Å². The Morgan fingerprint density at radius 3 is 2.33 bits per heavy atom. The number of aromatic nitrogens is 1. The molecule has 0 aliphatic rings. The SMILES string of the molecule is Cc1nc(NCCN(C(C)C)C(C)C)ccc1N. The standard InChI is InChI=1S/C14H26N4/c1-10(2)18(11(3)4)9-8-16-14-7-6-13(15)12(5)17-14/h6-7,10-11H,8-9,15H2,1-5H3,(H,16,17). The largest absolute Gasteiger partial charge is 0.397 e. The van der Waals surface area contributed by atoms with E-state index in [-0.39, 0.29) is 0 Å². The molecule has 1 aromatic heterocycles. The summed E-state index contributed by atoms with van der Waals surface area (Å²) in [4.78, 5) is 6.86. The van der Waals surface area contributed by atoms with E-state index in [1.54, 1.807) is 0 Å². The van der Waals surface area contributed by atoms with Crippen LogP contribution in [0, 0.1) is 6.92 Å². The van der Waals surface area contributed by atoms with Gasteiger partial charge in [-0.1, -0.05) is 0 Å². The van der Waals surface area contributed by atoms with Gasteiger partial charge in [0.15, 0.2) is 0 Å². The first-order chi connectivity index (χ1) is 8.41. The Kier molecular flexibility index (Phi) is 5.41. The van der Waals surface area contributed by atoms with Crippen LogP contribution in [-0.2, 0) is 0 Å². The summed E-state index contributed by atoms with van der Waals surface area (Å²) in [7, 11) is 0. The van der Waals surface area contributed by atoms with Crippen LogP contribution < -0.4 is 11.1 Å². The average molecular weight is 250 g/mol. The Bertz CT molecular complexity index is 366. The van der Waals surface area contributed by atoms with Gasteiger partial charge in [0, 0.05) is 25.2 Å². The van der Waals surface area contributed by atoms with Crippen molar-refractivity contribution in [2.24, 2.45) is 0 Å². The number of nitrogen functional groups attached to an aromatic ring is 1. The van der Waals surface area contributed by atoms with E-state index in [9.17, 15) is 0 Å². The predicted octanol–water partition coefficient (Wildman–Crippen LogP) is 2.50. The molecule has 102 valence electrons. The molecule has 0 unspecified atom stereocenters. The zero-order chi connectivity index (χ0) is 13.7. The molecule has 4 heteroatoms. The fourth-order valence-corrected chi connectivity index (χ4v) is 2.10. The lowest BCUT2D eigenvalue weighted by molar-refractivity contribution is 0.182. The third-order valence-corrected chi connectivity index (χ3v) is 3.13. The quantitative estimate of drug-likeness (QED) is 0.814. The van der Waals surface area contributed by atoms with Crippen LogP contribution in [0.1, 0.15) is 33.4 Å². The molecule has 3 N–H and O–H groups in total. The van der Waals surface area contributed by atoms with Crippen LogP contribution >= 0.6 is 0 Å². The molecule has 18 heavy (non-hydrogen) atoms. The lowest BCUT2D eigenvalue weighted by Crippen LogP contribution is -2.40. The predicted molar refractivity (Wildman–Crippen MR) is 78.9 cm³/mol. The van der Waals surface area contributed by atoms with Gasteiger partial charge >= 0.3 is 0 Å². The van der Waals surface area contributed by atoms with Crippen molar-refractivity contribution < 1.29 is 0 Å². The van der Waals surface area contributed by atoms with Gasteiger partial charge in [-0.25, -0.2) is 4.98 Å². The minimum Gasteiger partial charge on any atom is -0.397 e. The van der Waals surface area contributed by atoms with Crippen LogP contribution in [0.4, 0.5) is 11.5 Å². The van der Waals surface area contributed by atoms with Crippen molar-refractivity contribution in [2.45, 2.75) is 46.7 Å². The second-order valence-electron chi connectivity index (χ2n) is 5.22. The average Bonchev–Trinajstić information content (AvgIpc) is 2.28. The van der Waals surface area contributed by atoms with Gasteiger partial charge in [-0.2, -0.15) is 0 Å². The van der Waals surface area contributed by atoms with Crippen molar-refractivity contribution in [3.63, 3.8) is 0 Å². The maximum absolute atomic E-state index is 5.75. The van der Waals surface area contributed by atoms with E-state index in [0.717, 1.165) is 30.3 Å². The monoisotopic (exact) mass is 250 g/mol. The van der Waals surface area contributed by atoms with E-state index in [1.807, 2.05) is 19.1 Å². The summed E-state index contributed by atoms with van der Waals surface area (Å²) < 4.78 is 0. The number of nitrogens with two attached hydrogens (primary N) is 1. The van der Waals surface area contributed by atoms with E-state index < -0.39 is 0 Å². The van der Waals surface area contributed by atoms with Crippen molar-refractivity contribution in [3.8, 4) is 0 Å². The zero-order valence-electron chi connectivity index (χ0n) is 12.2. The van der Waals surface area contributed by atoms with Crippen LogP contribution in [0.2, 0.25) is 0 Å². The summed E-state index contributed by atoms with van der Waals surface area (Å²) in [5, 5.41) is 3.34. The molecule has 0 spiro atoms. The molecule has 1 heterocycles. The fourth-order valence-electron chi connectivity index (χ4n) is 2.10. The van der Waals surface area contributed by atoms with Gasteiger partial charge in [0.2, 0.25) is 0 Å². The van der Waals surface area contributed by atoms with Crippen LogP contribution in [0.5, 0.6) is 0 Å². The van der Waals surface area contributed by atoms with Gasteiger partial charge in [0.05, 0.1) is 11.4 Å². The van der Waals surface area contributed by atoms with Crippen molar-refractivity contribution in [1.82, 2.24) is 9.88 Å². The summed E-state index contributed by atoms with van der Waals surface area (Å²) in [6.45, 7) is 12.7. The molecule has 0 bridgehead atoms. The van der Waals surface area contributed by atoms with Gasteiger partial charge in [-0.05, 0) is 46.8 Å². The second kappa shape index (κ2) is 6.59. The molecular weight excluding hydrogens is 224 g/mol. The highest BCUT2D eigenvalue weighted by atomic mass is 15.2. The van der Waals surface area contributed by atoms with Crippen LogP contribution in [0.3, 0.4) is 0 Å². The molecule has 0 atom stereocenters. The molecule has 0 radical (unpaired) electrons.